The molecule has 0 unspecified atom stereocenters. The Kier molecular flexibility index (Phi) is 62.9. The fraction of sp³-hybridized carbons (Fsp3) is 0.859. The van der Waals surface area contributed by atoms with Crippen molar-refractivity contribution in [3.05, 3.63) is 0 Å². The lowest BCUT2D eigenvalue weighted by atomic mass is 10.0. The van der Waals surface area contributed by atoms with Gasteiger partial charge in [0.15, 0.2) is 0 Å². The Morgan fingerprint density at radius 1 is 0.340 bits per heavy atom. The highest BCUT2D eigenvalue weighted by molar-refractivity contribution is 7.85. The third kappa shape index (κ3) is 66.4. The largest absolute Gasteiger partial charge is 0.480 e. The minimum absolute atomic E-state index is 0.00979. The van der Waals surface area contributed by atoms with Gasteiger partial charge in [-0.2, -0.15) is 8.42 Å². The lowest BCUT2D eigenvalue weighted by molar-refractivity contribution is -0.140. The predicted octanol–water partition coefficient (Wildman–Crippen LogP) is 0.406. The van der Waals surface area contributed by atoms with Gasteiger partial charge in [-0.15, -0.1) is 0 Å². The number of likely N-dealkylation sites (N-methyl/N-ethyl adjacent to an activating group) is 1. The van der Waals surface area contributed by atoms with E-state index in [1.165, 1.54) is 25.7 Å². The number of nitrogens with one attached hydrogen (secondary N) is 9. The number of amides is 8. The summed E-state index contributed by atoms with van der Waals surface area (Å²) in [4.78, 5) is 108. The second-order valence-corrected chi connectivity index (χ2v) is 24.8. The molecular formula is C64H123N11O21S. The molecule has 8 amide bonds. The summed E-state index contributed by atoms with van der Waals surface area (Å²) in [6.45, 7) is 7.07. The number of ether oxygens (including phenoxy) is 8. The monoisotopic (exact) mass is 1410 g/mol. The van der Waals surface area contributed by atoms with Gasteiger partial charge in [-0.25, -0.2) is 0 Å². The van der Waals surface area contributed by atoms with Crippen LogP contribution in [-0.2, 0) is 91.2 Å². The molecule has 0 heterocycles. The normalized spacial score (nSPS) is 12.3. The van der Waals surface area contributed by atoms with Crippen LogP contribution in [0, 0.1) is 0 Å². The van der Waals surface area contributed by atoms with E-state index in [1.54, 1.807) is 0 Å². The predicted molar refractivity (Wildman–Crippen MR) is 364 cm³/mol. The first-order valence-electron chi connectivity index (χ1n) is 35.0. The zero-order valence-corrected chi connectivity index (χ0v) is 58.8. The van der Waals surface area contributed by atoms with E-state index in [0.717, 1.165) is 51.4 Å². The molecule has 33 heteroatoms. The van der Waals surface area contributed by atoms with Crippen LogP contribution in [0.4, 0.5) is 0 Å². The summed E-state index contributed by atoms with van der Waals surface area (Å²) in [5.74, 6) is -2.94. The molecule has 0 aliphatic carbocycles. The van der Waals surface area contributed by atoms with Crippen molar-refractivity contribution in [3.8, 4) is 0 Å². The molecule has 0 aromatic rings. The molecule has 0 aliphatic heterocycles. The number of rotatable bonds is 72. The van der Waals surface area contributed by atoms with Crippen LogP contribution in [0.5, 0.6) is 0 Å². The summed E-state index contributed by atoms with van der Waals surface area (Å²) in [7, 11) is -3.84. The maximum atomic E-state index is 12.5. The molecule has 0 bridgehead atoms. The summed E-state index contributed by atoms with van der Waals surface area (Å²) in [6.07, 6.45) is 20.2. The number of carboxylic acid groups (broad SMARTS) is 1. The Morgan fingerprint density at radius 3 is 1.00 bits per heavy atom. The van der Waals surface area contributed by atoms with Gasteiger partial charge in [-0.05, 0) is 83.6 Å². The van der Waals surface area contributed by atoms with Crippen molar-refractivity contribution in [2.24, 2.45) is 11.5 Å². The summed E-state index contributed by atoms with van der Waals surface area (Å²) >= 11 is 0. The molecule has 0 saturated heterocycles. The second kappa shape index (κ2) is 66.6. The number of hydrogen-bond donors (Lipinski definition) is 13. The van der Waals surface area contributed by atoms with Gasteiger partial charge in [0.25, 0.3) is 10.1 Å². The molecular weight excluding hydrogens is 1290 g/mol. The highest BCUT2D eigenvalue weighted by Crippen LogP contribution is 2.14. The van der Waals surface area contributed by atoms with Gasteiger partial charge in [0.05, 0.1) is 97.1 Å². The summed E-state index contributed by atoms with van der Waals surface area (Å²) in [5, 5.41) is 34.1. The molecule has 0 fully saturated rings. The quantitative estimate of drug-likeness (QED) is 0.0290. The third-order valence-electron chi connectivity index (χ3n) is 14.6. The number of aliphatic carboxylic acids is 1. The van der Waals surface area contributed by atoms with E-state index < -0.39 is 34.2 Å². The van der Waals surface area contributed by atoms with Crippen molar-refractivity contribution < 1.29 is 99.1 Å². The average molecular weight is 1410 g/mol. The molecule has 0 aliphatic rings. The fourth-order valence-corrected chi connectivity index (χ4v) is 9.72. The zero-order chi connectivity index (χ0) is 71.5. The number of hydrogen-bond acceptors (Lipinski definition) is 22. The molecule has 97 heavy (non-hydrogen) atoms. The van der Waals surface area contributed by atoms with Crippen molar-refractivity contribution in [2.75, 3.05) is 170 Å². The third-order valence-corrected chi connectivity index (χ3v) is 15.4. The van der Waals surface area contributed by atoms with E-state index in [-0.39, 0.29) is 185 Å². The van der Waals surface area contributed by atoms with Crippen molar-refractivity contribution in [3.63, 3.8) is 0 Å². The highest BCUT2D eigenvalue weighted by atomic mass is 32.2. The summed E-state index contributed by atoms with van der Waals surface area (Å²) in [5.41, 5.74) is 12.1. The van der Waals surface area contributed by atoms with Crippen LogP contribution in [0.15, 0.2) is 0 Å². The number of nitrogens with two attached hydrogens (primary N) is 2. The molecule has 0 rings (SSSR count). The first-order chi connectivity index (χ1) is 46.8. The zero-order valence-electron chi connectivity index (χ0n) is 58.0. The van der Waals surface area contributed by atoms with Gasteiger partial charge in [0.1, 0.15) is 32.5 Å². The van der Waals surface area contributed by atoms with Crippen molar-refractivity contribution >= 4 is 63.3 Å². The number of carbonyl (C=O) groups is 9. The van der Waals surface area contributed by atoms with Crippen LogP contribution in [0.3, 0.4) is 0 Å². The number of unbranched alkanes of at least 4 members (excludes halogenated alkanes) is 15. The van der Waals surface area contributed by atoms with Gasteiger partial charge >= 0.3 is 5.97 Å². The highest BCUT2D eigenvalue weighted by Gasteiger charge is 2.17. The van der Waals surface area contributed by atoms with Crippen LogP contribution in [0.25, 0.3) is 0 Å². The van der Waals surface area contributed by atoms with Crippen molar-refractivity contribution in [1.82, 2.24) is 47.9 Å². The molecule has 32 nitrogen and oxygen atoms in total. The minimum atomic E-state index is -3.84. The Bertz CT molecular complexity index is 2160. The average Bonchev–Trinajstić information content (AvgIpc) is 2.94. The SMILES string of the molecule is CCN[C@@H](CCCCNC(=O)COCCOCCNC(=O)COCCOCCNC(=O)COCCOCCNC(=O)COCCOCCNC(=O)[C@@H](N)CCCCNC(=O)[C@@H](N)CCCCNC(=O)CCCNC(=O)CCCCCCCCCCCCCCCS(=O)(=O)O)C(=O)O. The fourth-order valence-electron chi connectivity index (χ4n) is 9.15. The van der Waals surface area contributed by atoms with Crippen molar-refractivity contribution in [2.45, 2.75) is 186 Å². The summed E-state index contributed by atoms with van der Waals surface area (Å²) < 4.78 is 73.0. The Morgan fingerprint density at radius 2 is 0.629 bits per heavy atom. The Labute approximate surface area is 575 Å². The second-order valence-electron chi connectivity index (χ2n) is 23.2. The Hall–Kier alpha value is -5.30. The number of carboxylic acids is 1. The molecule has 0 spiro atoms. The van der Waals surface area contributed by atoms with Crippen LogP contribution in [-0.4, -0.2) is 260 Å². The van der Waals surface area contributed by atoms with E-state index >= 15 is 0 Å². The molecule has 566 valence electrons. The molecule has 15 N–H and O–H groups in total. The first-order valence-corrected chi connectivity index (χ1v) is 36.6. The molecule has 0 saturated carbocycles. The topological polar surface area (TPSA) is 462 Å². The van der Waals surface area contributed by atoms with Crippen LogP contribution >= 0.6 is 0 Å². The standard InChI is InChI=1S/C64H123N11O21S/c1-2-67-55(64(84)85)25-17-20-29-70-58(78)49-93-44-40-89-36-32-71-59(79)50-94-45-41-90-37-33-72-60(80)51-95-46-42-91-38-34-73-61(81)52-96-47-43-92-39-35-75-63(83)54(66)24-16-19-30-74-62(82)53(65)23-15-18-28-68-57(77)27-22-31-69-56(76)26-14-12-10-8-6-4-3-5-7-9-11-13-21-48-97(86,87)88/h53-55,67H,2-52,65-66H2,1H3,(H,68,77)(H,69,76)(H,70,78)(H,71,79)(H,72,80)(H,73,81)(H,74,82)(H,75,83)(H,84,85)(H,86,87,88)/t53-,54-,55-/m0/s1. The maximum absolute atomic E-state index is 12.5. The van der Waals surface area contributed by atoms with Crippen molar-refractivity contribution in [1.29, 1.82) is 0 Å². The maximum Gasteiger partial charge on any atom is 0.320 e. The van der Waals surface area contributed by atoms with Gasteiger partial charge in [0, 0.05) is 65.2 Å². The molecule has 0 radical (unpaired) electrons. The molecule has 0 aromatic heterocycles. The van der Waals surface area contributed by atoms with Gasteiger partial charge in [0.2, 0.25) is 47.3 Å². The van der Waals surface area contributed by atoms with Gasteiger partial charge in [-0.3, -0.25) is 47.7 Å². The smallest absolute Gasteiger partial charge is 0.320 e. The van der Waals surface area contributed by atoms with Gasteiger partial charge in [-0.1, -0.05) is 77.6 Å². The van der Waals surface area contributed by atoms with E-state index in [4.69, 9.17) is 59.0 Å². The van der Waals surface area contributed by atoms with Crippen LogP contribution in [0.1, 0.15) is 167 Å². The van der Waals surface area contributed by atoms with E-state index in [1.807, 2.05) is 6.92 Å². The summed E-state index contributed by atoms with van der Waals surface area (Å²) in [6, 6.07) is -1.98. The van der Waals surface area contributed by atoms with Crippen LogP contribution < -0.4 is 59.3 Å². The van der Waals surface area contributed by atoms with E-state index in [2.05, 4.69) is 47.9 Å². The van der Waals surface area contributed by atoms with E-state index in [9.17, 15) is 51.6 Å². The van der Waals surface area contributed by atoms with Gasteiger partial charge < -0.3 is 102 Å². The van der Waals surface area contributed by atoms with Crippen LogP contribution in [0.2, 0.25) is 0 Å². The number of carbonyl (C=O) groups excluding carboxylic acids is 8. The van der Waals surface area contributed by atoms with E-state index in [0.29, 0.717) is 116 Å². The lowest BCUT2D eigenvalue weighted by Gasteiger charge is -2.14. The molecule has 3 atom stereocenters. The Balaban J connectivity index is 3.57. The first kappa shape index (κ1) is 91.7. The minimum Gasteiger partial charge on any atom is -0.480 e. The molecule has 0 aromatic carbocycles. The lowest BCUT2D eigenvalue weighted by Crippen LogP contribution is -2.42.